The van der Waals surface area contributed by atoms with Crippen LogP contribution in [0.15, 0.2) is 12.1 Å². The maximum absolute atomic E-state index is 10.7. The number of carbonyl (C=O) groups excluding carboxylic acids is 1. The Labute approximate surface area is 89.7 Å². The third kappa shape index (κ3) is 3.06. The van der Waals surface area contributed by atoms with Gasteiger partial charge in [0.1, 0.15) is 6.61 Å². The van der Waals surface area contributed by atoms with Crippen molar-refractivity contribution in [3.05, 3.63) is 34.4 Å². The zero-order chi connectivity index (χ0) is 11.4. The van der Waals surface area contributed by atoms with Gasteiger partial charge < -0.3 is 9.84 Å². The van der Waals surface area contributed by atoms with Gasteiger partial charge in [0.05, 0.1) is 6.61 Å². The molecule has 0 saturated heterocycles. The van der Waals surface area contributed by atoms with Gasteiger partial charge in [0.2, 0.25) is 0 Å². The van der Waals surface area contributed by atoms with Gasteiger partial charge in [-0.15, -0.1) is 0 Å². The molecule has 15 heavy (non-hydrogen) atoms. The quantitative estimate of drug-likeness (QED) is 0.771. The molecule has 3 heteroatoms. The van der Waals surface area contributed by atoms with Crippen LogP contribution in [-0.4, -0.2) is 11.1 Å². The van der Waals surface area contributed by atoms with Gasteiger partial charge in [-0.05, 0) is 36.1 Å². The molecule has 0 bridgehead atoms. The molecule has 0 fully saturated rings. The number of aliphatic hydroxyl groups excluding tert-OH is 1. The molecule has 3 nitrogen and oxygen atoms in total. The van der Waals surface area contributed by atoms with Crippen LogP contribution in [-0.2, 0) is 22.7 Å². The van der Waals surface area contributed by atoms with Crippen molar-refractivity contribution in [3.63, 3.8) is 0 Å². The number of aryl methyl sites for hydroxylation is 2. The number of hydrogen-bond donors (Lipinski definition) is 1. The Morgan fingerprint density at radius 1 is 1.27 bits per heavy atom. The molecule has 1 rings (SSSR count). The van der Waals surface area contributed by atoms with Crippen LogP contribution in [0.2, 0.25) is 0 Å². The van der Waals surface area contributed by atoms with Gasteiger partial charge in [0, 0.05) is 6.92 Å². The number of hydrogen-bond acceptors (Lipinski definition) is 3. The Balaban J connectivity index is 2.90. The SMILES string of the molecule is CC(=O)OCc1cc(C)c(CO)cc1C. The van der Waals surface area contributed by atoms with Crippen LogP contribution in [0.3, 0.4) is 0 Å². The first-order valence-corrected chi connectivity index (χ1v) is 4.87. The lowest BCUT2D eigenvalue weighted by Crippen LogP contribution is -2.02. The van der Waals surface area contributed by atoms with Gasteiger partial charge in [-0.3, -0.25) is 4.79 Å². The highest BCUT2D eigenvalue weighted by atomic mass is 16.5. The van der Waals surface area contributed by atoms with Crippen molar-refractivity contribution >= 4 is 5.97 Å². The van der Waals surface area contributed by atoms with E-state index >= 15 is 0 Å². The number of esters is 1. The third-order valence-corrected chi connectivity index (χ3v) is 2.40. The summed E-state index contributed by atoms with van der Waals surface area (Å²) in [6.45, 7) is 5.61. The molecule has 0 aliphatic heterocycles. The average molecular weight is 208 g/mol. The number of aliphatic hydroxyl groups is 1. The number of rotatable bonds is 3. The molecular weight excluding hydrogens is 192 g/mol. The number of carbonyl (C=O) groups is 1. The minimum Gasteiger partial charge on any atom is -0.461 e. The summed E-state index contributed by atoms with van der Waals surface area (Å²) < 4.78 is 4.94. The van der Waals surface area contributed by atoms with E-state index in [0.29, 0.717) is 6.61 Å². The molecule has 0 radical (unpaired) electrons. The lowest BCUT2D eigenvalue weighted by atomic mass is 10.0. The summed E-state index contributed by atoms with van der Waals surface area (Å²) in [5, 5.41) is 9.07. The van der Waals surface area contributed by atoms with E-state index in [4.69, 9.17) is 9.84 Å². The van der Waals surface area contributed by atoms with E-state index in [0.717, 1.165) is 22.3 Å². The largest absolute Gasteiger partial charge is 0.461 e. The normalized spacial score (nSPS) is 10.1. The average Bonchev–Trinajstić information content (AvgIpc) is 2.18. The first-order valence-electron chi connectivity index (χ1n) is 4.87. The predicted octanol–water partition coefficient (Wildman–Crippen LogP) is 1.86. The number of ether oxygens (including phenoxy) is 1. The van der Waals surface area contributed by atoms with E-state index in [2.05, 4.69) is 0 Å². The lowest BCUT2D eigenvalue weighted by Gasteiger charge is -2.10. The maximum atomic E-state index is 10.7. The molecule has 0 amide bonds. The van der Waals surface area contributed by atoms with Gasteiger partial charge in [-0.25, -0.2) is 0 Å². The Hall–Kier alpha value is -1.35. The van der Waals surface area contributed by atoms with E-state index in [9.17, 15) is 4.79 Å². The van der Waals surface area contributed by atoms with Crippen LogP contribution < -0.4 is 0 Å². The molecule has 0 saturated carbocycles. The lowest BCUT2D eigenvalue weighted by molar-refractivity contribution is -0.142. The molecule has 0 atom stereocenters. The molecule has 0 heterocycles. The maximum Gasteiger partial charge on any atom is 0.302 e. The van der Waals surface area contributed by atoms with E-state index in [1.54, 1.807) is 0 Å². The molecule has 0 unspecified atom stereocenters. The zero-order valence-corrected chi connectivity index (χ0v) is 9.33. The van der Waals surface area contributed by atoms with Crippen LogP contribution in [0.1, 0.15) is 29.2 Å². The highest BCUT2D eigenvalue weighted by molar-refractivity contribution is 5.66. The van der Waals surface area contributed by atoms with Gasteiger partial charge >= 0.3 is 5.97 Å². The second-order valence-corrected chi connectivity index (χ2v) is 3.64. The van der Waals surface area contributed by atoms with Gasteiger partial charge in [-0.2, -0.15) is 0 Å². The molecule has 1 aromatic rings. The van der Waals surface area contributed by atoms with Crippen molar-refractivity contribution in [2.75, 3.05) is 0 Å². The molecular formula is C12H16O3. The second-order valence-electron chi connectivity index (χ2n) is 3.64. The molecule has 1 aromatic carbocycles. The summed E-state index contributed by atoms with van der Waals surface area (Å²) in [5.74, 6) is -0.279. The standard InChI is InChI=1S/C12H16O3/c1-8-5-12(7-15-10(3)14)9(2)4-11(8)6-13/h4-5,13H,6-7H2,1-3H3. The first kappa shape index (κ1) is 11.7. The molecule has 0 aliphatic rings. The monoisotopic (exact) mass is 208 g/mol. The molecule has 0 spiro atoms. The van der Waals surface area contributed by atoms with Gasteiger partial charge in [0.25, 0.3) is 0 Å². The van der Waals surface area contributed by atoms with Gasteiger partial charge in [-0.1, -0.05) is 12.1 Å². The summed E-state index contributed by atoms with van der Waals surface area (Å²) in [7, 11) is 0. The van der Waals surface area contributed by atoms with Crippen molar-refractivity contribution in [1.29, 1.82) is 0 Å². The first-order chi connectivity index (χ1) is 7.04. The smallest absolute Gasteiger partial charge is 0.302 e. The fourth-order valence-electron chi connectivity index (χ4n) is 1.44. The second kappa shape index (κ2) is 4.94. The summed E-state index contributed by atoms with van der Waals surface area (Å²) in [4.78, 5) is 10.7. The van der Waals surface area contributed by atoms with Crippen LogP contribution >= 0.6 is 0 Å². The summed E-state index contributed by atoms with van der Waals surface area (Å²) in [6, 6.07) is 3.87. The minimum absolute atomic E-state index is 0.0422. The molecule has 1 N–H and O–H groups in total. The van der Waals surface area contributed by atoms with Crippen molar-refractivity contribution < 1.29 is 14.6 Å². The predicted molar refractivity (Wildman–Crippen MR) is 57.3 cm³/mol. The number of benzene rings is 1. The highest BCUT2D eigenvalue weighted by Gasteiger charge is 2.05. The van der Waals surface area contributed by atoms with E-state index in [1.807, 2.05) is 26.0 Å². The van der Waals surface area contributed by atoms with Gasteiger partial charge in [0.15, 0.2) is 0 Å². The van der Waals surface area contributed by atoms with Crippen molar-refractivity contribution in [2.24, 2.45) is 0 Å². The fourth-order valence-corrected chi connectivity index (χ4v) is 1.44. The summed E-state index contributed by atoms with van der Waals surface area (Å²) in [5.41, 5.74) is 3.95. The van der Waals surface area contributed by atoms with E-state index < -0.39 is 0 Å². The summed E-state index contributed by atoms with van der Waals surface area (Å²) >= 11 is 0. The molecule has 82 valence electrons. The Kier molecular flexibility index (Phi) is 3.86. The van der Waals surface area contributed by atoms with Crippen LogP contribution in [0, 0.1) is 13.8 Å². The van der Waals surface area contributed by atoms with Crippen molar-refractivity contribution in [2.45, 2.75) is 34.0 Å². The van der Waals surface area contributed by atoms with Crippen LogP contribution in [0.4, 0.5) is 0 Å². The van der Waals surface area contributed by atoms with Crippen LogP contribution in [0.25, 0.3) is 0 Å². The van der Waals surface area contributed by atoms with Crippen molar-refractivity contribution in [1.82, 2.24) is 0 Å². The Morgan fingerprint density at radius 3 is 2.33 bits per heavy atom. The highest BCUT2D eigenvalue weighted by Crippen LogP contribution is 2.17. The molecule has 0 aromatic heterocycles. The van der Waals surface area contributed by atoms with Crippen LogP contribution in [0.5, 0.6) is 0 Å². The van der Waals surface area contributed by atoms with E-state index in [-0.39, 0.29) is 12.6 Å². The Morgan fingerprint density at radius 2 is 1.80 bits per heavy atom. The minimum atomic E-state index is -0.279. The van der Waals surface area contributed by atoms with Crippen molar-refractivity contribution in [3.8, 4) is 0 Å². The third-order valence-electron chi connectivity index (χ3n) is 2.40. The summed E-state index contributed by atoms with van der Waals surface area (Å²) in [6.07, 6.45) is 0. The Bertz CT molecular complexity index is 369. The topological polar surface area (TPSA) is 46.5 Å². The zero-order valence-electron chi connectivity index (χ0n) is 9.33. The van der Waals surface area contributed by atoms with E-state index in [1.165, 1.54) is 6.92 Å². The molecule has 0 aliphatic carbocycles. The fraction of sp³-hybridized carbons (Fsp3) is 0.417.